The summed E-state index contributed by atoms with van der Waals surface area (Å²) in [5.41, 5.74) is -2.79. The van der Waals surface area contributed by atoms with E-state index in [0.717, 1.165) is 12.8 Å². The lowest BCUT2D eigenvalue weighted by Gasteiger charge is -2.55. The van der Waals surface area contributed by atoms with Gasteiger partial charge in [-0.05, 0) is 44.9 Å². The zero-order chi connectivity index (χ0) is 15.5. The van der Waals surface area contributed by atoms with Gasteiger partial charge >= 0.3 is 0 Å². The van der Waals surface area contributed by atoms with E-state index in [4.69, 9.17) is 14.5 Å². The molecule has 7 atom stereocenters. The molecular weight excluding hydrogens is 276 g/mol. The van der Waals surface area contributed by atoms with E-state index in [1.54, 1.807) is 6.92 Å². The Hall–Kier alpha value is -0.530. The minimum absolute atomic E-state index is 0.0259. The molecule has 0 radical (unpaired) electrons. The van der Waals surface area contributed by atoms with Crippen molar-refractivity contribution in [2.24, 2.45) is 17.8 Å². The maximum Gasteiger partial charge on any atom is 0.201 e. The average Bonchev–Trinajstić information content (AvgIpc) is 2.64. The SMILES string of the molecule is C[C@@H]1CCC([C@@](C)(O)C=O)[C@]23OO[C@@](C)(CCC12)O[C@H]3O. The van der Waals surface area contributed by atoms with Gasteiger partial charge in [0.1, 0.15) is 5.60 Å². The first kappa shape index (κ1) is 15.4. The number of rotatable bonds is 2. The summed E-state index contributed by atoms with van der Waals surface area (Å²) in [4.78, 5) is 22.5. The van der Waals surface area contributed by atoms with Crippen LogP contribution >= 0.6 is 0 Å². The van der Waals surface area contributed by atoms with Crippen molar-refractivity contribution in [2.75, 3.05) is 0 Å². The van der Waals surface area contributed by atoms with Gasteiger partial charge in [-0.1, -0.05) is 6.92 Å². The van der Waals surface area contributed by atoms with Crippen molar-refractivity contribution in [1.29, 1.82) is 0 Å². The molecule has 120 valence electrons. The molecule has 3 heterocycles. The van der Waals surface area contributed by atoms with Crippen molar-refractivity contribution in [3.8, 4) is 0 Å². The fourth-order valence-corrected chi connectivity index (χ4v) is 4.44. The van der Waals surface area contributed by atoms with E-state index in [0.29, 0.717) is 25.0 Å². The quantitative estimate of drug-likeness (QED) is 0.588. The molecule has 4 aliphatic rings. The first-order valence-corrected chi connectivity index (χ1v) is 7.66. The molecule has 0 amide bonds. The Morgan fingerprint density at radius 1 is 1.29 bits per heavy atom. The Kier molecular flexibility index (Phi) is 3.46. The second kappa shape index (κ2) is 4.73. The summed E-state index contributed by atoms with van der Waals surface area (Å²) in [5, 5.41) is 21.1. The molecule has 1 aliphatic carbocycles. The number of aliphatic hydroxyl groups is 2. The number of hydrogen-bond donors (Lipinski definition) is 2. The summed E-state index contributed by atoms with van der Waals surface area (Å²) >= 11 is 0. The van der Waals surface area contributed by atoms with Gasteiger partial charge in [-0.3, -0.25) is 0 Å². The molecule has 2 N–H and O–H groups in total. The summed E-state index contributed by atoms with van der Waals surface area (Å²) < 4.78 is 5.66. The van der Waals surface area contributed by atoms with Crippen LogP contribution in [0.15, 0.2) is 0 Å². The summed E-state index contributed by atoms with van der Waals surface area (Å²) in [6.45, 7) is 5.30. The van der Waals surface area contributed by atoms with Crippen LogP contribution in [0.25, 0.3) is 0 Å². The topological polar surface area (TPSA) is 85.2 Å². The molecule has 6 nitrogen and oxygen atoms in total. The fourth-order valence-electron chi connectivity index (χ4n) is 4.44. The molecule has 1 spiro atoms. The summed E-state index contributed by atoms with van der Waals surface area (Å²) in [7, 11) is 0. The molecule has 0 aromatic rings. The first-order valence-electron chi connectivity index (χ1n) is 7.66. The van der Waals surface area contributed by atoms with Crippen LogP contribution in [0.5, 0.6) is 0 Å². The molecule has 6 heteroatoms. The van der Waals surface area contributed by atoms with Gasteiger partial charge in [0.2, 0.25) is 5.79 Å². The highest BCUT2D eigenvalue weighted by Crippen LogP contribution is 2.57. The average molecular weight is 300 g/mol. The molecule has 0 aromatic carbocycles. The van der Waals surface area contributed by atoms with Gasteiger partial charge in [-0.15, -0.1) is 0 Å². The van der Waals surface area contributed by atoms with E-state index < -0.39 is 29.2 Å². The number of aliphatic hydroxyl groups excluding tert-OH is 1. The van der Waals surface area contributed by atoms with Crippen LogP contribution in [0.2, 0.25) is 0 Å². The first-order chi connectivity index (χ1) is 9.75. The number of carbonyl (C=O) groups excluding carboxylic acids is 1. The Morgan fingerprint density at radius 2 is 2.00 bits per heavy atom. The highest BCUT2D eigenvalue weighted by molar-refractivity contribution is 5.62. The highest BCUT2D eigenvalue weighted by atomic mass is 17.3. The monoisotopic (exact) mass is 300 g/mol. The van der Waals surface area contributed by atoms with Crippen LogP contribution in [0.4, 0.5) is 0 Å². The molecular formula is C15H24O6. The van der Waals surface area contributed by atoms with Crippen molar-refractivity contribution in [1.82, 2.24) is 0 Å². The summed E-state index contributed by atoms with van der Waals surface area (Å²) in [6.07, 6.45) is 2.12. The van der Waals surface area contributed by atoms with Crippen molar-refractivity contribution in [3.63, 3.8) is 0 Å². The Morgan fingerprint density at radius 3 is 2.62 bits per heavy atom. The van der Waals surface area contributed by atoms with Crippen molar-refractivity contribution in [2.45, 2.75) is 69.7 Å². The molecule has 4 rings (SSSR count). The van der Waals surface area contributed by atoms with Gasteiger partial charge in [0.15, 0.2) is 18.2 Å². The third-order valence-corrected chi connectivity index (χ3v) is 5.68. The number of hydrogen-bond acceptors (Lipinski definition) is 6. The molecule has 3 aliphatic heterocycles. The van der Waals surface area contributed by atoms with Crippen LogP contribution in [0, 0.1) is 17.8 Å². The zero-order valence-electron chi connectivity index (χ0n) is 12.7. The maximum absolute atomic E-state index is 11.3. The van der Waals surface area contributed by atoms with Crippen molar-refractivity contribution >= 4 is 6.29 Å². The molecule has 2 bridgehead atoms. The third kappa shape index (κ3) is 2.08. The molecule has 3 saturated heterocycles. The van der Waals surface area contributed by atoms with E-state index in [1.807, 2.05) is 0 Å². The number of aldehydes is 1. The lowest BCUT2D eigenvalue weighted by Crippen LogP contribution is -2.68. The van der Waals surface area contributed by atoms with E-state index in [2.05, 4.69) is 6.92 Å². The van der Waals surface area contributed by atoms with Gasteiger partial charge < -0.3 is 19.7 Å². The van der Waals surface area contributed by atoms with Gasteiger partial charge in [-0.25, -0.2) is 9.78 Å². The summed E-state index contributed by atoms with van der Waals surface area (Å²) in [5.74, 6) is -1.27. The van der Waals surface area contributed by atoms with E-state index in [9.17, 15) is 15.0 Å². The van der Waals surface area contributed by atoms with Crippen molar-refractivity contribution < 1.29 is 29.5 Å². The van der Waals surface area contributed by atoms with Gasteiger partial charge in [0, 0.05) is 12.3 Å². The number of fused-ring (bicyclic) bond motifs is 3. The molecule has 0 aromatic heterocycles. The molecule has 4 fully saturated rings. The Labute approximate surface area is 124 Å². The molecule has 21 heavy (non-hydrogen) atoms. The third-order valence-electron chi connectivity index (χ3n) is 5.68. The van der Waals surface area contributed by atoms with E-state index >= 15 is 0 Å². The van der Waals surface area contributed by atoms with Crippen LogP contribution in [0.3, 0.4) is 0 Å². The highest BCUT2D eigenvalue weighted by Gasteiger charge is 2.67. The second-order valence-electron chi connectivity index (χ2n) is 7.22. The standard InChI is InChI=1S/C15H24O6/c1-9-4-5-11(13(2,18)8-16)15-10(9)6-7-14(3,20-21-15)19-12(15)17/h8-12,17-18H,4-7H2,1-3H3/t9-,10?,11?,12-,13+,14+,15-/m1/s1. The van der Waals surface area contributed by atoms with Crippen LogP contribution in [0.1, 0.15) is 46.5 Å². The maximum atomic E-state index is 11.3. The predicted molar refractivity (Wildman–Crippen MR) is 71.7 cm³/mol. The smallest absolute Gasteiger partial charge is 0.201 e. The second-order valence-corrected chi connectivity index (χ2v) is 7.22. The predicted octanol–water partition coefficient (Wildman–Crippen LogP) is 1.14. The van der Waals surface area contributed by atoms with Crippen LogP contribution < -0.4 is 0 Å². The summed E-state index contributed by atoms with van der Waals surface area (Å²) in [6, 6.07) is 0. The van der Waals surface area contributed by atoms with E-state index in [-0.39, 0.29) is 5.92 Å². The largest absolute Gasteiger partial charge is 0.382 e. The van der Waals surface area contributed by atoms with Crippen LogP contribution in [-0.2, 0) is 19.3 Å². The van der Waals surface area contributed by atoms with Gasteiger partial charge in [0.05, 0.1) is 0 Å². The van der Waals surface area contributed by atoms with Gasteiger partial charge in [0.25, 0.3) is 0 Å². The lowest BCUT2D eigenvalue weighted by molar-refractivity contribution is -0.557. The van der Waals surface area contributed by atoms with Crippen LogP contribution in [-0.4, -0.2) is 39.8 Å². The number of ether oxygens (including phenoxy) is 1. The van der Waals surface area contributed by atoms with Crippen molar-refractivity contribution in [3.05, 3.63) is 0 Å². The zero-order valence-corrected chi connectivity index (χ0v) is 12.7. The molecule has 2 unspecified atom stereocenters. The fraction of sp³-hybridized carbons (Fsp3) is 0.933. The minimum atomic E-state index is -1.59. The normalized spacial score (nSPS) is 52.6. The van der Waals surface area contributed by atoms with E-state index in [1.165, 1.54) is 6.92 Å². The molecule has 1 saturated carbocycles. The number of carbonyl (C=O) groups is 1. The Balaban J connectivity index is 2.08. The Bertz CT molecular complexity index is 438. The van der Waals surface area contributed by atoms with Gasteiger partial charge in [-0.2, -0.15) is 0 Å². The lowest BCUT2D eigenvalue weighted by atomic mass is 9.58. The minimum Gasteiger partial charge on any atom is -0.382 e.